The Bertz CT molecular complexity index is 312. The van der Waals surface area contributed by atoms with E-state index in [0.29, 0.717) is 12.4 Å². The third kappa shape index (κ3) is 1.95. The molecule has 0 aliphatic rings. The molecule has 0 amide bonds. The second kappa shape index (κ2) is 3.55. The Morgan fingerprint density at radius 1 is 1.67 bits per heavy atom. The molecule has 0 N–H and O–H groups in total. The largest absolute Gasteiger partial charge is 0.248 e. The van der Waals surface area contributed by atoms with Crippen LogP contribution in [0.1, 0.15) is 11.6 Å². The van der Waals surface area contributed by atoms with E-state index in [2.05, 4.69) is 10.1 Å². The summed E-state index contributed by atoms with van der Waals surface area (Å²) in [7, 11) is 0. The summed E-state index contributed by atoms with van der Waals surface area (Å²) in [5.74, 6) is 1.49. The van der Waals surface area contributed by atoms with Crippen LogP contribution in [0.5, 0.6) is 0 Å². The second-order valence-electron chi connectivity index (χ2n) is 2.48. The summed E-state index contributed by atoms with van der Waals surface area (Å²) in [6, 6.07) is 1.93. The smallest absolute Gasteiger partial charge is 0.147 e. The van der Waals surface area contributed by atoms with Gasteiger partial charge in [-0.3, -0.25) is 0 Å². The molecule has 0 aliphatic carbocycles. The summed E-state index contributed by atoms with van der Waals surface area (Å²) >= 11 is 5.63. The normalized spacial score (nSPS) is 12.5. The van der Waals surface area contributed by atoms with Crippen LogP contribution in [0, 0.1) is 25.2 Å². The minimum atomic E-state index is -0.537. The molecule has 1 heterocycles. The molecule has 0 aromatic carbocycles. The maximum atomic E-state index is 8.45. The van der Waals surface area contributed by atoms with Gasteiger partial charge < -0.3 is 0 Å². The van der Waals surface area contributed by atoms with Crippen molar-refractivity contribution in [2.24, 2.45) is 0 Å². The number of hydrogen-bond acceptors (Lipinski definition) is 3. The van der Waals surface area contributed by atoms with Crippen molar-refractivity contribution in [3.8, 4) is 6.07 Å². The molecule has 0 radical (unpaired) electrons. The first kappa shape index (κ1) is 9.01. The molecule has 1 aromatic rings. The second-order valence-corrected chi connectivity index (χ2v) is 3.01. The van der Waals surface area contributed by atoms with Crippen LogP contribution >= 0.6 is 11.6 Å². The summed E-state index contributed by atoms with van der Waals surface area (Å²) in [6.45, 7) is 4.03. The molecule has 5 heteroatoms. The minimum Gasteiger partial charge on any atom is -0.248 e. The van der Waals surface area contributed by atoms with Crippen molar-refractivity contribution < 1.29 is 0 Å². The maximum absolute atomic E-state index is 8.45. The van der Waals surface area contributed by atoms with Gasteiger partial charge in [0.05, 0.1) is 12.6 Å². The summed E-state index contributed by atoms with van der Waals surface area (Å²) < 4.78 is 1.64. The van der Waals surface area contributed by atoms with Crippen LogP contribution in [0.25, 0.3) is 0 Å². The highest BCUT2D eigenvalue weighted by molar-refractivity contribution is 6.22. The first-order valence-corrected chi connectivity index (χ1v) is 3.99. The fourth-order valence-electron chi connectivity index (χ4n) is 0.927. The number of hydrogen-bond donors (Lipinski definition) is 0. The zero-order valence-corrected chi connectivity index (χ0v) is 7.71. The summed E-state index contributed by atoms with van der Waals surface area (Å²) in [4.78, 5) is 4.08. The lowest BCUT2D eigenvalue weighted by atomic mass is 10.4. The third-order valence-electron chi connectivity index (χ3n) is 1.44. The first-order chi connectivity index (χ1) is 5.63. The molecule has 0 aliphatic heterocycles. The highest BCUT2D eigenvalue weighted by atomic mass is 35.5. The lowest BCUT2D eigenvalue weighted by Gasteiger charge is -2.01. The molecule has 1 aromatic heterocycles. The van der Waals surface area contributed by atoms with E-state index in [1.165, 1.54) is 0 Å². The zero-order valence-electron chi connectivity index (χ0n) is 6.95. The van der Waals surface area contributed by atoms with Gasteiger partial charge in [-0.2, -0.15) is 10.4 Å². The maximum Gasteiger partial charge on any atom is 0.147 e. The van der Waals surface area contributed by atoms with Crippen molar-refractivity contribution in [2.45, 2.75) is 25.8 Å². The summed E-state index contributed by atoms with van der Waals surface area (Å²) in [6.07, 6.45) is 0. The Labute approximate surface area is 75.8 Å². The molecule has 4 nitrogen and oxygen atoms in total. The number of rotatable bonds is 2. The van der Waals surface area contributed by atoms with Crippen LogP contribution in [-0.2, 0) is 6.54 Å². The number of halogens is 1. The van der Waals surface area contributed by atoms with Crippen LogP contribution in [0.4, 0.5) is 0 Å². The minimum absolute atomic E-state index is 0.394. The summed E-state index contributed by atoms with van der Waals surface area (Å²) in [5.41, 5.74) is 0. The Morgan fingerprint density at radius 3 is 2.75 bits per heavy atom. The molecule has 0 saturated heterocycles. The van der Waals surface area contributed by atoms with Gasteiger partial charge in [0.15, 0.2) is 0 Å². The molecular formula is C7H9ClN4. The van der Waals surface area contributed by atoms with Crippen LogP contribution in [0.2, 0.25) is 0 Å². The van der Waals surface area contributed by atoms with Crippen molar-refractivity contribution in [1.82, 2.24) is 14.8 Å². The van der Waals surface area contributed by atoms with Gasteiger partial charge in [0, 0.05) is 0 Å². The molecule has 0 saturated carbocycles. The molecule has 64 valence electrons. The molecule has 1 rings (SSSR count). The standard InChI is InChI=1S/C7H9ClN4/c1-5-10-6(2)12(11-5)4-7(8)3-9/h7H,4H2,1-2H3. The Kier molecular flexibility index (Phi) is 2.66. The predicted octanol–water partition coefficient (Wildman–Crippen LogP) is 1.03. The summed E-state index contributed by atoms with van der Waals surface area (Å²) in [5, 5.41) is 12.0. The zero-order chi connectivity index (χ0) is 9.14. The molecular weight excluding hydrogens is 176 g/mol. The van der Waals surface area contributed by atoms with Crippen molar-refractivity contribution in [3.05, 3.63) is 11.6 Å². The molecule has 1 unspecified atom stereocenters. The highest BCUT2D eigenvalue weighted by Gasteiger charge is 2.07. The van der Waals surface area contributed by atoms with Crippen LogP contribution in [-0.4, -0.2) is 20.1 Å². The SMILES string of the molecule is Cc1nc(C)n(CC(Cl)C#N)n1. The Hall–Kier alpha value is -1.08. The van der Waals surface area contributed by atoms with Gasteiger partial charge in [-0.1, -0.05) is 0 Å². The monoisotopic (exact) mass is 184 g/mol. The fourth-order valence-corrected chi connectivity index (χ4v) is 1.06. The molecule has 0 spiro atoms. The number of aryl methyl sites for hydroxylation is 2. The van der Waals surface area contributed by atoms with E-state index < -0.39 is 5.38 Å². The fraction of sp³-hybridized carbons (Fsp3) is 0.571. The van der Waals surface area contributed by atoms with Crippen molar-refractivity contribution in [2.75, 3.05) is 0 Å². The molecule has 12 heavy (non-hydrogen) atoms. The van der Waals surface area contributed by atoms with E-state index in [0.717, 1.165) is 5.82 Å². The van der Waals surface area contributed by atoms with Crippen LogP contribution in [0.15, 0.2) is 0 Å². The number of alkyl halides is 1. The van der Waals surface area contributed by atoms with Gasteiger partial charge in [0.1, 0.15) is 17.0 Å². The topological polar surface area (TPSA) is 54.5 Å². The molecule has 0 bridgehead atoms. The first-order valence-electron chi connectivity index (χ1n) is 3.55. The van der Waals surface area contributed by atoms with Gasteiger partial charge in [0.2, 0.25) is 0 Å². The van der Waals surface area contributed by atoms with Gasteiger partial charge in [-0.15, -0.1) is 11.6 Å². The van der Waals surface area contributed by atoms with Gasteiger partial charge in [-0.25, -0.2) is 9.67 Å². The molecule has 0 fully saturated rings. The van der Waals surface area contributed by atoms with E-state index in [-0.39, 0.29) is 0 Å². The van der Waals surface area contributed by atoms with Crippen molar-refractivity contribution >= 4 is 11.6 Å². The number of nitriles is 1. The van der Waals surface area contributed by atoms with Crippen molar-refractivity contribution in [1.29, 1.82) is 5.26 Å². The van der Waals surface area contributed by atoms with Crippen molar-refractivity contribution in [3.63, 3.8) is 0 Å². The van der Waals surface area contributed by atoms with E-state index in [1.54, 1.807) is 11.6 Å². The van der Waals surface area contributed by atoms with Crippen LogP contribution in [0.3, 0.4) is 0 Å². The van der Waals surface area contributed by atoms with E-state index in [9.17, 15) is 0 Å². The van der Waals surface area contributed by atoms with Gasteiger partial charge in [-0.05, 0) is 13.8 Å². The lowest BCUT2D eigenvalue weighted by Crippen LogP contribution is -2.11. The van der Waals surface area contributed by atoms with E-state index in [1.807, 2.05) is 13.0 Å². The van der Waals surface area contributed by atoms with Gasteiger partial charge in [0.25, 0.3) is 0 Å². The Morgan fingerprint density at radius 2 is 2.33 bits per heavy atom. The Balaban J connectivity index is 2.76. The van der Waals surface area contributed by atoms with E-state index in [4.69, 9.17) is 16.9 Å². The van der Waals surface area contributed by atoms with E-state index >= 15 is 0 Å². The van der Waals surface area contributed by atoms with Gasteiger partial charge >= 0.3 is 0 Å². The van der Waals surface area contributed by atoms with Crippen LogP contribution < -0.4 is 0 Å². The predicted molar refractivity (Wildman–Crippen MR) is 44.8 cm³/mol. The quantitative estimate of drug-likeness (QED) is 0.645. The number of nitrogens with zero attached hydrogens (tertiary/aromatic N) is 4. The average Bonchev–Trinajstić information content (AvgIpc) is 2.30. The molecule has 1 atom stereocenters. The number of aromatic nitrogens is 3. The third-order valence-corrected chi connectivity index (χ3v) is 1.67. The lowest BCUT2D eigenvalue weighted by molar-refractivity contribution is 0.607. The average molecular weight is 185 g/mol. The highest BCUT2D eigenvalue weighted by Crippen LogP contribution is 2.01.